The number of nitrogens with zero attached hydrogens (tertiary/aromatic N) is 2. The number of hydrogen-bond acceptors (Lipinski definition) is 5. The van der Waals surface area contributed by atoms with E-state index in [1.807, 2.05) is 0 Å². The van der Waals surface area contributed by atoms with E-state index in [0.717, 1.165) is 45.3 Å². The van der Waals surface area contributed by atoms with Crippen molar-refractivity contribution in [3.63, 3.8) is 0 Å². The second kappa shape index (κ2) is 6.99. The molecule has 3 fully saturated rings. The van der Waals surface area contributed by atoms with Crippen molar-refractivity contribution in [3.05, 3.63) is 0 Å². The van der Waals surface area contributed by atoms with Gasteiger partial charge in [0.2, 0.25) is 0 Å². The number of piperidine rings is 3. The lowest BCUT2D eigenvalue weighted by atomic mass is 9.71. The molecule has 0 aromatic rings. The summed E-state index contributed by atoms with van der Waals surface area (Å²) >= 11 is 0. The fraction of sp³-hybridized carbons (Fsp3) is 1.00. The first-order valence-electron chi connectivity index (χ1n) is 7.42. The van der Waals surface area contributed by atoms with Gasteiger partial charge in [0.1, 0.15) is 0 Å². The first-order chi connectivity index (χ1) is 9.26. The molecule has 0 saturated carbocycles. The molecule has 3 aliphatic rings. The van der Waals surface area contributed by atoms with Crippen molar-refractivity contribution in [3.8, 4) is 0 Å². The summed E-state index contributed by atoms with van der Waals surface area (Å²) in [5.41, 5.74) is 6.35. The Morgan fingerprint density at radius 1 is 1.16 bits per heavy atom. The number of rotatable bonds is 8. The van der Waals surface area contributed by atoms with Crippen LogP contribution in [0.1, 0.15) is 12.8 Å². The van der Waals surface area contributed by atoms with Crippen LogP contribution in [0.5, 0.6) is 0 Å². The Balaban J connectivity index is 2.10. The van der Waals surface area contributed by atoms with Gasteiger partial charge in [0.05, 0.1) is 13.2 Å². The molecule has 3 saturated heterocycles. The molecule has 0 radical (unpaired) electrons. The van der Waals surface area contributed by atoms with Crippen LogP contribution in [0.4, 0.5) is 0 Å². The molecule has 0 spiro atoms. The Kier molecular flexibility index (Phi) is 5.59. The highest BCUT2D eigenvalue weighted by Crippen LogP contribution is 2.39. The second-order valence-corrected chi connectivity index (χ2v) is 5.83. The van der Waals surface area contributed by atoms with E-state index in [9.17, 15) is 0 Å². The summed E-state index contributed by atoms with van der Waals surface area (Å²) in [4.78, 5) is 5.09. The Labute approximate surface area is 117 Å². The van der Waals surface area contributed by atoms with Crippen molar-refractivity contribution >= 4 is 0 Å². The number of fused-ring (bicyclic) bond motifs is 3. The molecule has 0 amide bonds. The highest BCUT2D eigenvalue weighted by Gasteiger charge is 2.49. The van der Waals surface area contributed by atoms with Gasteiger partial charge in [-0.3, -0.25) is 4.90 Å². The van der Waals surface area contributed by atoms with Crippen molar-refractivity contribution in [1.29, 1.82) is 0 Å². The third kappa shape index (κ3) is 3.11. The van der Waals surface area contributed by atoms with Crippen molar-refractivity contribution < 1.29 is 9.47 Å². The number of ether oxygens (including phenoxy) is 2. The van der Waals surface area contributed by atoms with E-state index >= 15 is 0 Å². The average molecular weight is 271 g/mol. The van der Waals surface area contributed by atoms with Gasteiger partial charge in [-0.15, -0.1) is 0 Å². The zero-order valence-electron chi connectivity index (χ0n) is 12.4. The van der Waals surface area contributed by atoms with Crippen LogP contribution in [0.2, 0.25) is 0 Å². The van der Waals surface area contributed by atoms with Crippen molar-refractivity contribution in [1.82, 2.24) is 9.80 Å². The van der Waals surface area contributed by atoms with Gasteiger partial charge >= 0.3 is 0 Å². The molecule has 2 N–H and O–H groups in total. The van der Waals surface area contributed by atoms with E-state index in [2.05, 4.69) is 9.80 Å². The zero-order valence-corrected chi connectivity index (χ0v) is 12.4. The van der Waals surface area contributed by atoms with E-state index < -0.39 is 0 Å². The first kappa shape index (κ1) is 15.2. The molecule has 0 aromatic carbocycles. The summed E-state index contributed by atoms with van der Waals surface area (Å²) in [5, 5.41) is 0. The molecule has 1 atom stereocenters. The summed E-state index contributed by atoms with van der Waals surface area (Å²) in [6.07, 6.45) is 2.57. The third-order valence-corrected chi connectivity index (χ3v) is 4.96. The summed E-state index contributed by atoms with van der Waals surface area (Å²) in [6.45, 7) is 7.76. The molecular formula is C14H29N3O2. The summed E-state index contributed by atoms with van der Waals surface area (Å²) in [6, 6.07) is 0. The van der Waals surface area contributed by atoms with Crippen LogP contribution in [0.25, 0.3) is 0 Å². The maximum absolute atomic E-state index is 6.22. The molecule has 112 valence electrons. The Hall–Kier alpha value is -0.200. The van der Waals surface area contributed by atoms with Crippen LogP contribution in [0, 0.1) is 5.92 Å². The summed E-state index contributed by atoms with van der Waals surface area (Å²) < 4.78 is 10.6. The topological polar surface area (TPSA) is 51.0 Å². The molecular weight excluding hydrogens is 242 g/mol. The molecule has 5 nitrogen and oxygen atoms in total. The molecule has 3 rings (SSSR count). The predicted molar refractivity (Wildman–Crippen MR) is 76.3 cm³/mol. The van der Waals surface area contributed by atoms with E-state index in [-0.39, 0.29) is 5.54 Å². The highest BCUT2D eigenvalue weighted by atomic mass is 16.5. The number of methoxy groups -OCH3 is 2. The Morgan fingerprint density at radius 2 is 1.74 bits per heavy atom. The Morgan fingerprint density at radius 3 is 2.11 bits per heavy atom. The largest absolute Gasteiger partial charge is 0.383 e. The van der Waals surface area contributed by atoms with E-state index in [0.29, 0.717) is 0 Å². The summed E-state index contributed by atoms with van der Waals surface area (Å²) in [5.74, 6) is 0.733. The lowest BCUT2D eigenvalue weighted by Crippen LogP contribution is -2.70. The normalized spacial score (nSPS) is 34.1. The maximum Gasteiger partial charge on any atom is 0.0589 e. The van der Waals surface area contributed by atoms with Crippen LogP contribution in [0.15, 0.2) is 0 Å². The highest BCUT2D eigenvalue weighted by molar-refractivity contribution is 5.06. The molecule has 3 aliphatic heterocycles. The second-order valence-electron chi connectivity index (χ2n) is 5.83. The monoisotopic (exact) mass is 271 g/mol. The lowest BCUT2D eigenvalue weighted by molar-refractivity contribution is -0.0789. The standard InChI is InChI=1S/C14H29N3O2/c1-18-9-7-17(8-10-19-2)14(11-15)12-16-5-3-13(14)4-6-16/h13H,3-12,15H2,1-2H3. The van der Waals surface area contributed by atoms with Crippen LogP contribution in [0.3, 0.4) is 0 Å². The quantitative estimate of drug-likeness (QED) is 0.674. The molecule has 3 heterocycles. The molecule has 0 aliphatic carbocycles. The smallest absolute Gasteiger partial charge is 0.0589 e. The summed E-state index contributed by atoms with van der Waals surface area (Å²) in [7, 11) is 3.53. The van der Waals surface area contributed by atoms with Crippen LogP contribution < -0.4 is 5.73 Å². The van der Waals surface area contributed by atoms with Gasteiger partial charge in [-0.05, 0) is 31.8 Å². The SMILES string of the molecule is COCCN(CCOC)C1(CN)CN2CCC1CC2. The molecule has 5 heteroatoms. The van der Waals surface area contributed by atoms with Crippen LogP contribution in [-0.4, -0.2) is 82.0 Å². The van der Waals surface area contributed by atoms with E-state index in [1.165, 1.54) is 25.9 Å². The van der Waals surface area contributed by atoms with Crippen LogP contribution >= 0.6 is 0 Å². The number of hydrogen-bond donors (Lipinski definition) is 1. The van der Waals surface area contributed by atoms with Gasteiger partial charge in [0, 0.05) is 45.9 Å². The van der Waals surface area contributed by atoms with Gasteiger partial charge in [-0.25, -0.2) is 0 Å². The lowest BCUT2D eigenvalue weighted by Gasteiger charge is -2.57. The predicted octanol–water partition coefficient (Wildman–Crippen LogP) is 0.00430. The average Bonchev–Trinajstić information content (AvgIpc) is 2.48. The minimum Gasteiger partial charge on any atom is -0.383 e. The molecule has 1 unspecified atom stereocenters. The van der Waals surface area contributed by atoms with Gasteiger partial charge in [-0.2, -0.15) is 0 Å². The zero-order chi connectivity index (χ0) is 13.7. The van der Waals surface area contributed by atoms with Crippen molar-refractivity contribution in [2.45, 2.75) is 18.4 Å². The van der Waals surface area contributed by atoms with Gasteiger partial charge in [0.15, 0.2) is 0 Å². The molecule has 2 bridgehead atoms. The van der Waals surface area contributed by atoms with Gasteiger partial charge in [-0.1, -0.05) is 0 Å². The van der Waals surface area contributed by atoms with Crippen LogP contribution in [-0.2, 0) is 9.47 Å². The molecule has 0 aromatic heterocycles. The molecule has 19 heavy (non-hydrogen) atoms. The Bertz CT molecular complexity index is 261. The minimum absolute atomic E-state index is 0.133. The fourth-order valence-corrected chi connectivity index (χ4v) is 3.82. The first-order valence-corrected chi connectivity index (χ1v) is 7.42. The van der Waals surface area contributed by atoms with Crippen molar-refractivity contribution in [2.75, 3.05) is 66.7 Å². The van der Waals surface area contributed by atoms with E-state index in [1.54, 1.807) is 14.2 Å². The van der Waals surface area contributed by atoms with Gasteiger partial charge in [0.25, 0.3) is 0 Å². The van der Waals surface area contributed by atoms with Crippen molar-refractivity contribution in [2.24, 2.45) is 11.7 Å². The minimum atomic E-state index is 0.133. The van der Waals surface area contributed by atoms with Gasteiger partial charge < -0.3 is 20.1 Å². The van der Waals surface area contributed by atoms with E-state index in [4.69, 9.17) is 15.2 Å². The third-order valence-electron chi connectivity index (χ3n) is 4.96. The number of nitrogens with two attached hydrogens (primary N) is 1. The maximum atomic E-state index is 6.22. The fourth-order valence-electron chi connectivity index (χ4n) is 3.82.